The summed E-state index contributed by atoms with van der Waals surface area (Å²) < 4.78 is 56.8. The molecule has 0 aliphatic carbocycles. The van der Waals surface area contributed by atoms with E-state index in [0.29, 0.717) is 28.3 Å². The molecule has 0 unspecified atom stereocenters. The maximum Gasteiger partial charge on any atom is 0.573 e. The van der Waals surface area contributed by atoms with E-state index in [9.17, 15) is 27.2 Å². The minimum absolute atomic E-state index is 0.166. The van der Waals surface area contributed by atoms with Gasteiger partial charge in [0.15, 0.2) is 11.5 Å². The highest BCUT2D eigenvalue weighted by Gasteiger charge is 2.31. The monoisotopic (exact) mass is 501 g/mol. The summed E-state index contributed by atoms with van der Waals surface area (Å²) in [5.74, 6) is -1.85. The Morgan fingerprint density at radius 1 is 1.08 bits per heavy atom. The van der Waals surface area contributed by atoms with Crippen molar-refractivity contribution in [2.24, 2.45) is 0 Å². The quantitative estimate of drug-likeness (QED) is 0.376. The molecule has 0 radical (unpaired) electrons. The SMILES string of the molecule is CC(=O)Nc1cn2nc(-c3ccc(C)c(C(=O)NCc4cc(OC(F)(F)F)ccc4F)c3)ccc2n1. The van der Waals surface area contributed by atoms with Crippen LogP contribution < -0.4 is 15.4 Å². The van der Waals surface area contributed by atoms with Crippen molar-refractivity contribution in [3.8, 4) is 17.0 Å². The van der Waals surface area contributed by atoms with Gasteiger partial charge in [0, 0.05) is 30.2 Å². The number of ether oxygens (including phenoxy) is 1. The van der Waals surface area contributed by atoms with Gasteiger partial charge in [0.2, 0.25) is 5.91 Å². The highest BCUT2D eigenvalue weighted by atomic mass is 19.4. The van der Waals surface area contributed by atoms with Crippen LogP contribution in [0.5, 0.6) is 5.75 Å². The molecule has 0 saturated carbocycles. The molecule has 2 amide bonds. The van der Waals surface area contributed by atoms with E-state index in [1.807, 2.05) is 0 Å². The number of aryl methyl sites for hydroxylation is 1. The number of benzene rings is 2. The van der Waals surface area contributed by atoms with Gasteiger partial charge in [0.1, 0.15) is 11.6 Å². The van der Waals surface area contributed by atoms with Crippen LogP contribution in [0, 0.1) is 12.7 Å². The number of hydrogen-bond donors (Lipinski definition) is 2. The lowest BCUT2D eigenvalue weighted by Gasteiger charge is -2.12. The molecule has 36 heavy (non-hydrogen) atoms. The average molecular weight is 501 g/mol. The molecule has 0 aliphatic rings. The molecule has 2 aromatic heterocycles. The van der Waals surface area contributed by atoms with Gasteiger partial charge < -0.3 is 15.4 Å². The van der Waals surface area contributed by atoms with Crippen LogP contribution in [0.15, 0.2) is 54.7 Å². The third-order valence-electron chi connectivity index (χ3n) is 5.09. The molecule has 2 aromatic carbocycles. The van der Waals surface area contributed by atoms with Crippen molar-refractivity contribution in [3.05, 3.63) is 77.2 Å². The molecule has 0 atom stereocenters. The average Bonchev–Trinajstić information content (AvgIpc) is 3.19. The highest BCUT2D eigenvalue weighted by Crippen LogP contribution is 2.25. The number of hydrogen-bond acceptors (Lipinski definition) is 5. The molecule has 0 bridgehead atoms. The van der Waals surface area contributed by atoms with Gasteiger partial charge in [-0.15, -0.1) is 13.2 Å². The van der Waals surface area contributed by atoms with Crippen molar-refractivity contribution < 1.29 is 31.9 Å². The number of fused-ring (bicyclic) bond motifs is 1. The van der Waals surface area contributed by atoms with Crippen LogP contribution in [0.1, 0.15) is 28.4 Å². The molecule has 8 nitrogen and oxygen atoms in total. The minimum atomic E-state index is -4.92. The topological polar surface area (TPSA) is 97.6 Å². The van der Waals surface area contributed by atoms with Crippen LogP contribution in [-0.4, -0.2) is 32.8 Å². The standard InChI is InChI=1S/C24H19F4N5O3/c1-13-3-4-15(20-7-8-22-31-21(30-14(2)34)12-33(22)32-20)10-18(13)23(35)29-11-16-9-17(5-6-19(16)25)36-24(26,27)28/h3-10,12H,11H2,1-2H3,(H,29,35)(H,30,34). The third-order valence-corrected chi connectivity index (χ3v) is 5.09. The lowest BCUT2D eigenvalue weighted by molar-refractivity contribution is -0.274. The zero-order valence-corrected chi connectivity index (χ0v) is 19.0. The Morgan fingerprint density at radius 3 is 2.58 bits per heavy atom. The number of carbonyl (C=O) groups is 2. The van der Waals surface area contributed by atoms with Gasteiger partial charge in [-0.1, -0.05) is 12.1 Å². The fraction of sp³-hybridized carbons (Fsp3) is 0.167. The predicted octanol–water partition coefficient (Wildman–Crippen LogP) is 4.63. The number of anilines is 1. The Morgan fingerprint density at radius 2 is 1.86 bits per heavy atom. The first kappa shape index (κ1) is 24.6. The maximum absolute atomic E-state index is 14.1. The van der Waals surface area contributed by atoms with Gasteiger partial charge in [0.25, 0.3) is 5.91 Å². The third kappa shape index (κ3) is 5.77. The van der Waals surface area contributed by atoms with Crippen LogP contribution >= 0.6 is 0 Å². The number of nitrogens with one attached hydrogen (secondary N) is 2. The van der Waals surface area contributed by atoms with Crippen LogP contribution in [0.3, 0.4) is 0 Å². The first-order chi connectivity index (χ1) is 17.0. The number of nitrogens with zero attached hydrogens (tertiary/aromatic N) is 3. The normalized spacial score (nSPS) is 11.4. The van der Waals surface area contributed by atoms with Crippen LogP contribution in [0.2, 0.25) is 0 Å². The smallest absolute Gasteiger partial charge is 0.406 e. The van der Waals surface area contributed by atoms with Crippen molar-refractivity contribution >= 4 is 23.3 Å². The van der Waals surface area contributed by atoms with Gasteiger partial charge in [0.05, 0.1) is 11.9 Å². The van der Waals surface area contributed by atoms with E-state index in [1.54, 1.807) is 43.5 Å². The summed E-state index contributed by atoms with van der Waals surface area (Å²) in [6.07, 6.45) is -3.37. The zero-order valence-electron chi connectivity index (χ0n) is 19.0. The van der Waals surface area contributed by atoms with Gasteiger partial charge in [-0.05, 0) is 48.9 Å². The van der Waals surface area contributed by atoms with Gasteiger partial charge >= 0.3 is 6.36 Å². The zero-order chi connectivity index (χ0) is 26.0. The molecular weight excluding hydrogens is 482 g/mol. The summed E-state index contributed by atoms with van der Waals surface area (Å²) in [6.45, 7) is 2.72. The minimum Gasteiger partial charge on any atom is -0.406 e. The largest absolute Gasteiger partial charge is 0.573 e. The summed E-state index contributed by atoms with van der Waals surface area (Å²) in [6, 6.07) is 11.1. The molecule has 0 spiro atoms. The number of rotatable bonds is 6. The van der Waals surface area contributed by atoms with E-state index in [0.717, 1.165) is 18.2 Å². The van der Waals surface area contributed by atoms with E-state index in [1.165, 1.54) is 11.4 Å². The van der Waals surface area contributed by atoms with E-state index >= 15 is 0 Å². The molecular formula is C24H19F4N5O3. The number of imidazole rings is 1. The molecule has 4 aromatic rings. The van der Waals surface area contributed by atoms with E-state index < -0.39 is 23.8 Å². The number of amides is 2. The second-order valence-corrected chi connectivity index (χ2v) is 7.84. The van der Waals surface area contributed by atoms with Gasteiger partial charge in [-0.25, -0.2) is 13.9 Å². The molecule has 2 N–H and O–H groups in total. The lowest BCUT2D eigenvalue weighted by Crippen LogP contribution is -2.24. The molecule has 12 heteroatoms. The molecule has 2 heterocycles. The van der Waals surface area contributed by atoms with Crippen molar-refractivity contribution in [2.45, 2.75) is 26.8 Å². The van der Waals surface area contributed by atoms with E-state index in [2.05, 4.69) is 25.5 Å². The summed E-state index contributed by atoms with van der Waals surface area (Å²) in [4.78, 5) is 28.3. The Hall–Kier alpha value is -4.48. The number of carbonyl (C=O) groups excluding carboxylic acids is 2. The van der Waals surface area contributed by atoms with Crippen LogP contribution in [0.4, 0.5) is 23.4 Å². The molecule has 0 saturated heterocycles. The maximum atomic E-state index is 14.1. The Kier molecular flexibility index (Phi) is 6.60. The number of alkyl halides is 3. The van der Waals surface area contributed by atoms with Crippen LogP contribution in [-0.2, 0) is 11.3 Å². The second-order valence-electron chi connectivity index (χ2n) is 7.84. The van der Waals surface area contributed by atoms with Crippen molar-refractivity contribution in [1.82, 2.24) is 19.9 Å². The van der Waals surface area contributed by atoms with E-state index in [4.69, 9.17) is 0 Å². The first-order valence-electron chi connectivity index (χ1n) is 10.6. The number of aromatic nitrogens is 3. The Labute approximate surface area is 201 Å². The van der Waals surface area contributed by atoms with Crippen molar-refractivity contribution in [1.29, 1.82) is 0 Å². The summed E-state index contributed by atoms with van der Waals surface area (Å²) >= 11 is 0. The van der Waals surface area contributed by atoms with Gasteiger partial charge in [-0.3, -0.25) is 9.59 Å². The van der Waals surface area contributed by atoms with Crippen LogP contribution in [0.25, 0.3) is 16.9 Å². The molecule has 186 valence electrons. The van der Waals surface area contributed by atoms with Crippen molar-refractivity contribution in [2.75, 3.05) is 5.32 Å². The highest BCUT2D eigenvalue weighted by molar-refractivity contribution is 5.96. The summed E-state index contributed by atoms with van der Waals surface area (Å²) in [5, 5.41) is 9.57. The Balaban J connectivity index is 1.54. The van der Waals surface area contributed by atoms with E-state index in [-0.39, 0.29) is 23.6 Å². The fourth-order valence-corrected chi connectivity index (χ4v) is 3.46. The first-order valence-corrected chi connectivity index (χ1v) is 10.6. The summed E-state index contributed by atoms with van der Waals surface area (Å²) in [7, 11) is 0. The fourth-order valence-electron chi connectivity index (χ4n) is 3.46. The van der Waals surface area contributed by atoms with Gasteiger partial charge in [-0.2, -0.15) is 5.10 Å². The molecule has 4 rings (SSSR count). The molecule has 0 aliphatic heterocycles. The lowest BCUT2D eigenvalue weighted by atomic mass is 10.0. The summed E-state index contributed by atoms with van der Waals surface area (Å²) in [5.41, 5.74) is 2.37. The second kappa shape index (κ2) is 9.64. The number of halogens is 4. The van der Waals surface area contributed by atoms with Crippen molar-refractivity contribution in [3.63, 3.8) is 0 Å². The molecule has 0 fully saturated rings. The Bertz CT molecular complexity index is 1470. The predicted molar refractivity (Wildman–Crippen MR) is 122 cm³/mol.